The van der Waals surface area contributed by atoms with Crippen molar-refractivity contribution in [3.8, 4) is 0 Å². The summed E-state index contributed by atoms with van der Waals surface area (Å²) in [6.45, 7) is 2.64. The van der Waals surface area contributed by atoms with Gasteiger partial charge in [0.15, 0.2) is 0 Å². The molecule has 21 heavy (non-hydrogen) atoms. The molecule has 1 fully saturated rings. The highest BCUT2D eigenvalue weighted by atomic mass is 32.2. The summed E-state index contributed by atoms with van der Waals surface area (Å²) in [6, 6.07) is 7.24. The second-order valence-electron chi connectivity index (χ2n) is 5.73. The monoisotopic (exact) mass is 311 g/mol. The minimum Gasteiger partial charge on any atom is -0.316 e. The molecular weight excluding hydrogens is 286 g/mol. The van der Waals surface area contributed by atoms with Gasteiger partial charge in [0.25, 0.3) is 0 Å². The predicted octanol–water partition coefficient (Wildman–Crippen LogP) is 1.12. The number of piperidine rings is 1. The molecule has 1 aliphatic rings. The molecule has 0 saturated carbocycles. The van der Waals surface area contributed by atoms with Crippen LogP contribution in [0.5, 0.6) is 0 Å². The standard InChI is InChI=1S/C15H25N3O2S/c1-16-12-13-4-6-15(7-5-13)21(19,20)18(3)14-8-10-17(2)11-9-14/h4-7,14,16H,8-12H2,1-3H3. The zero-order chi connectivity index (χ0) is 15.5. The fourth-order valence-electron chi connectivity index (χ4n) is 2.70. The van der Waals surface area contributed by atoms with Crippen LogP contribution in [0.15, 0.2) is 29.2 Å². The van der Waals surface area contributed by atoms with Crippen molar-refractivity contribution in [1.82, 2.24) is 14.5 Å². The van der Waals surface area contributed by atoms with E-state index in [0.717, 1.165) is 38.0 Å². The first kappa shape index (κ1) is 16.4. The molecule has 1 aromatic rings. The van der Waals surface area contributed by atoms with E-state index in [9.17, 15) is 8.42 Å². The van der Waals surface area contributed by atoms with Gasteiger partial charge in [0.05, 0.1) is 4.90 Å². The Bertz CT molecular complexity index is 549. The molecule has 1 aromatic carbocycles. The Morgan fingerprint density at radius 2 is 1.81 bits per heavy atom. The molecule has 0 atom stereocenters. The maximum atomic E-state index is 12.7. The van der Waals surface area contributed by atoms with Gasteiger partial charge in [0, 0.05) is 19.6 Å². The van der Waals surface area contributed by atoms with Crippen LogP contribution in [0.2, 0.25) is 0 Å². The predicted molar refractivity (Wildman–Crippen MR) is 84.7 cm³/mol. The third-order valence-electron chi connectivity index (χ3n) is 4.18. The maximum absolute atomic E-state index is 12.7. The van der Waals surface area contributed by atoms with Crippen molar-refractivity contribution in [2.75, 3.05) is 34.2 Å². The number of likely N-dealkylation sites (tertiary alicyclic amines) is 1. The van der Waals surface area contributed by atoms with Crippen molar-refractivity contribution in [1.29, 1.82) is 0 Å². The molecule has 0 radical (unpaired) electrons. The Labute approximate surface area is 128 Å². The van der Waals surface area contributed by atoms with E-state index in [2.05, 4.69) is 17.3 Å². The molecule has 2 rings (SSSR count). The van der Waals surface area contributed by atoms with Crippen molar-refractivity contribution >= 4 is 10.0 Å². The van der Waals surface area contributed by atoms with E-state index in [1.807, 2.05) is 19.2 Å². The summed E-state index contributed by atoms with van der Waals surface area (Å²) in [7, 11) is 2.26. The third kappa shape index (κ3) is 3.83. The normalized spacial score (nSPS) is 18.3. The number of sulfonamides is 1. The molecule has 1 saturated heterocycles. The van der Waals surface area contributed by atoms with Crippen LogP contribution in [0.3, 0.4) is 0 Å². The topological polar surface area (TPSA) is 52.7 Å². The lowest BCUT2D eigenvalue weighted by Gasteiger charge is -2.34. The van der Waals surface area contributed by atoms with E-state index in [4.69, 9.17) is 0 Å². The molecule has 1 aliphatic heterocycles. The first-order valence-electron chi connectivity index (χ1n) is 7.35. The van der Waals surface area contributed by atoms with E-state index in [-0.39, 0.29) is 6.04 Å². The van der Waals surface area contributed by atoms with Gasteiger partial charge >= 0.3 is 0 Å². The number of nitrogens with one attached hydrogen (secondary N) is 1. The molecule has 6 heteroatoms. The van der Waals surface area contributed by atoms with Gasteiger partial charge in [-0.2, -0.15) is 4.31 Å². The molecule has 118 valence electrons. The summed E-state index contributed by atoms with van der Waals surface area (Å²) in [6.07, 6.45) is 1.79. The Morgan fingerprint density at radius 1 is 1.24 bits per heavy atom. The lowest BCUT2D eigenvalue weighted by molar-refractivity contribution is 0.197. The number of benzene rings is 1. The summed E-state index contributed by atoms with van der Waals surface area (Å²) in [5.41, 5.74) is 1.08. The van der Waals surface area contributed by atoms with E-state index in [0.29, 0.717) is 4.90 Å². The summed E-state index contributed by atoms with van der Waals surface area (Å²) in [5.74, 6) is 0. The molecular formula is C15H25N3O2S. The largest absolute Gasteiger partial charge is 0.316 e. The first-order valence-corrected chi connectivity index (χ1v) is 8.79. The highest BCUT2D eigenvalue weighted by molar-refractivity contribution is 7.89. The molecule has 0 amide bonds. The van der Waals surface area contributed by atoms with Crippen molar-refractivity contribution in [2.45, 2.75) is 30.3 Å². The van der Waals surface area contributed by atoms with Crippen LogP contribution >= 0.6 is 0 Å². The molecule has 0 aliphatic carbocycles. The van der Waals surface area contributed by atoms with Gasteiger partial charge in [-0.15, -0.1) is 0 Å². The van der Waals surface area contributed by atoms with Crippen LogP contribution in [0, 0.1) is 0 Å². The molecule has 0 aromatic heterocycles. The molecule has 1 N–H and O–H groups in total. The van der Waals surface area contributed by atoms with E-state index < -0.39 is 10.0 Å². The Morgan fingerprint density at radius 3 is 2.33 bits per heavy atom. The average Bonchev–Trinajstić information content (AvgIpc) is 2.48. The number of rotatable bonds is 5. The molecule has 0 unspecified atom stereocenters. The van der Waals surface area contributed by atoms with Crippen LogP contribution in [-0.4, -0.2) is 57.9 Å². The van der Waals surface area contributed by atoms with E-state index >= 15 is 0 Å². The quantitative estimate of drug-likeness (QED) is 0.885. The minimum absolute atomic E-state index is 0.100. The third-order valence-corrected chi connectivity index (χ3v) is 6.11. The van der Waals surface area contributed by atoms with Gasteiger partial charge in [0.2, 0.25) is 10.0 Å². The summed E-state index contributed by atoms with van der Waals surface area (Å²) in [5, 5.41) is 3.06. The van der Waals surface area contributed by atoms with Crippen LogP contribution < -0.4 is 5.32 Å². The highest BCUT2D eigenvalue weighted by Gasteiger charge is 2.29. The molecule has 0 spiro atoms. The summed E-state index contributed by atoms with van der Waals surface area (Å²) in [4.78, 5) is 2.62. The maximum Gasteiger partial charge on any atom is 0.243 e. The molecule has 0 bridgehead atoms. The van der Waals surface area contributed by atoms with Crippen molar-refractivity contribution in [3.63, 3.8) is 0 Å². The molecule has 5 nitrogen and oxygen atoms in total. The average molecular weight is 311 g/mol. The van der Waals surface area contributed by atoms with Gasteiger partial charge < -0.3 is 10.2 Å². The summed E-state index contributed by atoms with van der Waals surface area (Å²) < 4.78 is 26.9. The van der Waals surface area contributed by atoms with Gasteiger partial charge in [-0.05, 0) is 57.7 Å². The van der Waals surface area contributed by atoms with Crippen LogP contribution in [0.4, 0.5) is 0 Å². The van der Waals surface area contributed by atoms with E-state index in [1.54, 1.807) is 23.5 Å². The second-order valence-corrected chi connectivity index (χ2v) is 7.73. The SMILES string of the molecule is CNCc1ccc(S(=O)(=O)N(C)C2CCN(C)CC2)cc1. The van der Waals surface area contributed by atoms with Crippen molar-refractivity contribution in [3.05, 3.63) is 29.8 Å². The summed E-state index contributed by atoms with van der Waals surface area (Å²) >= 11 is 0. The second kappa shape index (κ2) is 6.87. The zero-order valence-corrected chi connectivity index (χ0v) is 13.9. The minimum atomic E-state index is -3.39. The van der Waals surface area contributed by atoms with Gasteiger partial charge in [-0.1, -0.05) is 12.1 Å². The van der Waals surface area contributed by atoms with Crippen molar-refractivity contribution < 1.29 is 8.42 Å². The van der Waals surface area contributed by atoms with Gasteiger partial charge in [0.1, 0.15) is 0 Å². The van der Waals surface area contributed by atoms with Crippen LogP contribution in [0.25, 0.3) is 0 Å². The number of hydrogen-bond acceptors (Lipinski definition) is 4. The lowest BCUT2D eigenvalue weighted by Crippen LogP contribution is -2.44. The lowest BCUT2D eigenvalue weighted by atomic mass is 10.1. The zero-order valence-electron chi connectivity index (χ0n) is 13.0. The Balaban J connectivity index is 2.13. The van der Waals surface area contributed by atoms with Gasteiger partial charge in [-0.25, -0.2) is 8.42 Å². The fourth-order valence-corrected chi connectivity index (χ4v) is 4.12. The highest BCUT2D eigenvalue weighted by Crippen LogP contribution is 2.22. The van der Waals surface area contributed by atoms with Crippen molar-refractivity contribution in [2.24, 2.45) is 0 Å². The van der Waals surface area contributed by atoms with E-state index in [1.165, 1.54) is 0 Å². The molecule has 1 heterocycles. The smallest absolute Gasteiger partial charge is 0.243 e. The van der Waals surface area contributed by atoms with Crippen LogP contribution in [-0.2, 0) is 16.6 Å². The van der Waals surface area contributed by atoms with Crippen LogP contribution in [0.1, 0.15) is 18.4 Å². The Kier molecular flexibility index (Phi) is 5.37. The number of nitrogens with zero attached hydrogens (tertiary/aromatic N) is 2. The Hall–Kier alpha value is -0.950. The van der Waals surface area contributed by atoms with Gasteiger partial charge in [-0.3, -0.25) is 0 Å². The fraction of sp³-hybridized carbons (Fsp3) is 0.600. The number of hydrogen-bond donors (Lipinski definition) is 1. The first-order chi connectivity index (χ1) is 9.95.